The van der Waals surface area contributed by atoms with E-state index < -0.39 is 0 Å². The first-order chi connectivity index (χ1) is 12.6. The number of hydrogen-bond acceptors (Lipinski definition) is 6. The topological polar surface area (TPSA) is 79.4 Å². The van der Waals surface area contributed by atoms with E-state index in [9.17, 15) is 4.79 Å². The summed E-state index contributed by atoms with van der Waals surface area (Å²) in [5.74, 6) is 0.175. The number of carbonyl (C=O) groups excluding carboxylic acids is 1. The van der Waals surface area contributed by atoms with E-state index in [0.717, 1.165) is 44.2 Å². The highest BCUT2D eigenvalue weighted by Gasteiger charge is 2.13. The quantitative estimate of drug-likeness (QED) is 0.806. The number of anilines is 2. The molecule has 2 aromatic rings. The second kappa shape index (κ2) is 8.93. The highest BCUT2D eigenvalue weighted by Crippen LogP contribution is 2.17. The van der Waals surface area contributed by atoms with Crippen LogP contribution in [0.4, 0.5) is 11.6 Å². The number of benzene rings is 1. The zero-order chi connectivity index (χ0) is 18.4. The predicted octanol–water partition coefficient (Wildman–Crippen LogP) is 2.24. The molecule has 7 nitrogen and oxygen atoms in total. The summed E-state index contributed by atoms with van der Waals surface area (Å²) in [7, 11) is 0. The number of nitrogens with zero attached hydrogens (tertiary/aromatic N) is 3. The molecule has 0 saturated carbocycles. The molecule has 8 heteroatoms. The Morgan fingerprint density at radius 2 is 1.96 bits per heavy atom. The Bertz CT molecular complexity index is 748. The van der Waals surface area contributed by atoms with Crippen LogP contribution in [0, 0.1) is 6.92 Å². The number of nitrogens with one attached hydrogen (secondary N) is 2. The fourth-order valence-corrected chi connectivity index (χ4v) is 2.77. The van der Waals surface area contributed by atoms with Crippen molar-refractivity contribution >= 4 is 29.1 Å². The molecule has 0 spiro atoms. The maximum Gasteiger partial charge on any atom is 0.270 e. The number of ether oxygens (including phenoxy) is 1. The lowest BCUT2D eigenvalue weighted by molar-refractivity contribution is 0.0383. The van der Waals surface area contributed by atoms with Crippen molar-refractivity contribution in [2.75, 3.05) is 44.7 Å². The fraction of sp³-hybridized carbons (Fsp3) is 0.389. The van der Waals surface area contributed by atoms with E-state index in [1.165, 1.54) is 0 Å². The van der Waals surface area contributed by atoms with Gasteiger partial charge < -0.3 is 15.4 Å². The van der Waals surface area contributed by atoms with E-state index in [0.29, 0.717) is 23.2 Å². The maximum absolute atomic E-state index is 12.4. The van der Waals surface area contributed by atoms with Gasteiger partial charge in [-0.25, -0.2) is 9.97 Å². The van der Waals surface area contributed by atoms with E-state index in [1.807, 2.05) is 19.1 Å². The normalized spacial score (nSPS) is 14.8. The maximum atomic E-state index is 12.4. The molecule has 2 N–H and O–H groups in total. The molecule has 1 amide bonds. The number of rotatable bonds is 6. The second-order valence-electron chi connectivity index (χ2n) is 6.06. The third-order valence-electron chi connectivity index (χ3n) is 4.00. The van der Waals surface area contributed by atoms with Crippen molar-refractivity contribution in [2.24, 2.45) is 0 Å². The van der Waals surface area contributed by atoms with Crippen LogP contribution in [-0.4, -0.2) is 60.2 Å². The van der Waals surface area contributed by atoms with Gasteiger partial charge in [-0.3, -0.25) is 9.69 Å². The van der Waals surface area contributed by atoms with Crippen LogP contribution in [-0.2, 0) is 4.74 Å². The second-order valence-corrected chi connectivity index (χ2v) is 6.50. The summed E-state index contributed by atoms with van der Waals surface area (Å²) >= 11 is 5.89. The third-order valence-corrected chi connectivity index (χ3v) is 4.26. The van der Waals surface area contributed by atoms with Gasteiger partial charge in [0.15, 0.2) is 0 Å². The molecule has 1 aromatic heterocycles. The van der Waals surface area contributed by atoms with Gasteiger partial charge in [-0.1, -0.05) is 11.6 Å². The van der Waals surface area contributed by atoms with Crippen LogP contribution >= 0.6 is 11.6 Å². The molecule has 0 unspecified atom stereocenters. The Morgan fingerprint density at radius 3 is 2.69 bits per heavy atom. The number of carbonyl (C=O) groups is 1. The van der Waals surface area contributed by atoms with Crippen molar-refractivity contribution < 1.29 is 9.53 Å². The molecule has 0 radical (unpaired) electrons. The third kappa shape index (κ3) is 5.39. The van der Waals surface area contributed by atoms with Crippen molar-refractivity contribution in [1.29, 1.82) is 0 Å². The molecule has 0 atom stereocenters. The summed E-state index contributed by atoms with van der Waals surface area (Å²) in [6.07, 6.45) is 0. The fourth-order valence-electron chi connectivity index (χ4n) is 2.65. The Balaban J connectivity index is 1.58. The van der Waals surface area contributed by atoms with Gasteiger partial charge in [-0.15, -0.1) is 0 Å². The molecule has 2 heterocycles. The largest absolute Gasteiger partial charge is 0.379 e. The first kappa shape index (κ1) is 18.6. The van der Waals surface area contributed by atoms with E-state index >= 15 is 0 Å². The molecular weight excluding hydrogens is 354 g/mol. The number of morpholine rings is 1. The number of hydrogen-bond donors (Lipinski definition) is 2. The smallest absolute Gasteiger partial charge is 0.270 e. The standard InChI is InChI=1S/C18H22ClN5O2/c1-13-12-16(17(25)20-6-7-24-8-10-26-11-9-24)23-18(21-13)22-15-4-2-14(19)3-5-15/h2-5,12H,6-11H2,1H3,(H,20,25)(H,21,22,23). The average molecular weight is 376 g/mol. The Hall–Kier alpha value is -2.22. The van der Waals surface area contributed by atoms with Crippen molar-refractivity contribution in [3.63, 3.8) is 0 Å². The highest BCUT2D eigenvalue weighted by atomic mass is 35.5. The van der Waals surface area contributed by atoms with Crippen molar-refractivity contribution in [2.45, 2.75) is 6.92 Å². The first-order valence-corrected chi connectivity index (χ1v) is 8.94. The number of aromatic nitrogens is 2. The molecule has 1 aliphatic heterocycles. The molecule has 1 saturated heterocycles. The average Bonchev–Trinajstić information content (AvgIpc) is 2.64. The molecule has 1 fully saturated rings. The molecule has 1 aromatic carbocycles. The molecule has 138 valence electrons. The minimum Gasteiger partial charge on any atom is -0.379 e. The zero-order valence-electron chi connectivity index (χ0n) is 14.7. The number of halogens is 1. The SMILES string of the molecule is Cc1cc(C(=O)NCCN2CCOCC2)nc(Nc2ccc(Cl)cc2)n1. The lowest BCUT2D eigenvalue weighted by Crippen LogP contribution is -2.41. The van der Waals surface area contributed by atoms with Crippen LogP contribution in [0.5, 0.6) is 0 Å². The van der Waals surface area contributed by atoms with Gasteiger partial charge in [0.2, 0.25) is 5.95 Å². The van der Waals surface area contributed by atoms with Gasteiger partial charge in [0.25, 0.3) is 5.91 Å². The molecule has 0 bridgehead atoms. The van der Waals surface area contributed by atoms with Crippen LogP contribution in [0.3, 0.4) is 0 Å². The highest BCUT2D eigenvalue weighted by molar-refractivity contribution is 6.30. The Labute approximate surface area is 157 Å². The Kier molecular flexibility index (Phi) is 6.38. The summed E-state index contributed by atoms with van der Waals surface area (Å²) in [6, 6.07) is 8.89. The van der Waals surface area contributed by atoms with Crippen molar-refractivity contribution in [1.82, 2.24) is 20.2 Å². The van der Waals surface area contributed by atoms with Gasteiger partial charge in [-0.2, -0.15) is 0 Å². The van der Waals surface area contributed by atoms with Crippen molar-refractivity contribution in [3.05, 3.63) is 46.7 Å². The summed E-state index contributed by atoms with van der Waals surface area (Å²) in [5.41, 5.74) is 1.87. The van der Waals surface area contributed by atoms with Gasteiger partial charge in [0, 0.05) is 42.6 Å². The summed E-state index contributed by atoms with van der Waals surface area (Å²) < 4.78 is 5.32. The molecule has 3 rings (SSSR count). The zero-order valence-corrected chi connectivity index (χ0v) is 15.4. The van der Waals surface area contributed by atoms with Crippen LogP contribution in [0.25, 0.3) is 0 Å². The van der Waals surface area contributed by atoms with Crippen molar-refractivity contribution in [3.8, 4) is 0 Å². The van der Waals surface area contributed by atoms with Crippen LogP contribution in [0.1, 0.15) is 16.2 Å². The summed E-state index contributed by atoms with van der Waals surface area (Å²) in [4.78, 5) is 23.3. The van der Waals surface area contributed by atoms with E-state index in [2.05, 4.69) is 25.5 Å². The van der Waals surface area contributed by atoms with Gasteiger partial charge >= 0.3 is 0 Å². The van der Waals surface area contributed by atoms with E-state index in [-0.39, 0.29) is 5.91 Å². The lowest BCUT2D eigenvalue weighted by Gasteiger charge is -2.26. The van der Waals surface area contributed by atoms with Gasteiger partial charge in [0.1, 0.15) is 5.69 Å². The number of aryl methyl sites for hydroxylation is 1. The monoisotopic (exact) mass is 375 g/mol. The number of amides is 1. The predicted molar refractivity (Wildman–Crippen MR) is 101 cm³/mol. The molecular formula is C18H22ClN5O2. The summed E-state index contributed by atoms with van der Waals surface area (Å²) in [5, 5.41) is 6.66. The van der Waals surface area contributed by atoms with E-state index in [4.69, 9.17) is 16.3 Å². The molecule has 0 aliphatic carbocycles. The van der Waals surface area contributed by atoms with E-state index in [1.54, 1.807) is 18.2 Å². The summed E-state index contributed by atoms with van der Waals surface area (Å²) in [6.45, 7) is 6.50. The lowest BCUT2D eigenvalue weighted by atomic mass is 10.3. The Morgan fingerprint density at radius 1 is 1.23 bits per heavy atom. The first-order valence-electron chi connectivity index (χ1n) is 8.57. The van der Waals surface area contributed by atoms with Crippen LogP contribution in [0.15, 0.2) is 30.3 Å². The van der Waals surface area contributed by atoms with Gasteiger partial charge in [-0.05, 0) is 37.3 Å². The molecule has 26 heavy (non-hydrogen) atoms. The molecule has 1 aliphatic rings. The van der Waals surface area contributed by atoms with Crippen LogP contribution in [0.2, 0.25) is 5.02 Å². The minimum atomic E-state index is -0.206. The van der Waals surface area contributed by atoms with Crippen LogP contribution < -0.4 is 10.6 Å². The minimum absolute atomic E-state index is 0.206. The van der Waals surface area contributed by atoms with Gasteiger partial charge in [0.05, 0.1) is 13.2 Å².